The van der Waals surface area contributed by atoms with Crippen molar-refractivity contribution in [1.29, 1.82) is 0 Å². The van der Waals surface area contributed by atoms with Crippen LogP contribution in [0.25, 0.3) is 10.9 Å². The second-order valence-electron chi connectivity index (χ2n) is 3.08. The molecule has 0 bridgehead atoms. The molecule has 0 aliphatic carbocycles. The highest BCUT2D eigenvalue weighted by atomic mass is 16.5. The Hall–Kier alpha value is -1.77. The summed E-state index contributed by atoms with van der Waals surface area (Å²) >= 11 is 0. The van der Waals surface area contributed by atoms with E-state index in [0.717, 1.165) is 10.9 Å². The maximum Gasteiger partial charge on any atom is 0.211 e. The number of nitrogens with zero attached hydrogens (tertiary/aromatic N) is 1. The van der Waals surface area contributed by atoms with E-state index in [0.29, 0.717) is 11.3 Å². The summed E-state index contributed by atoms with van der Waals surface area (Å²) in [4.78, 5) is 4.02. The van der Waals surface area contributed by atoms with E-state index in [1.54, 1.807) is 19.2 Å². The van der Waals surface area contributed by atoms with Crippen LogP contribution in [-0.2, 0) is 0 Å². The Morgan fingerprint density at radius 3 is 2.93 bits per heavy atom. The number of aryl methyl sites for hydroxylation is 1. The number of methoxy groups -OCH3 is 1. The summed E-state index contributed by atoms with van der Waals surface area (Å²) in [7, 11) is 1.57. The maximum atomic E-state index is 9.35. The molecule has 1 aromatic carbocycles. The standard InChI is InChI=1S/C11H10NO2/c1-7-6-10(13)12-11-8(7)4-3-5-9(11)14-2/h4-6H,1-2H3,(H,12,13). The van der Waals surface area contributed by atoms with Crippen LogP contribution in [0.15, 0.2) is 18.2 Å². The highest BCUT2D eigenvalue weighted by molar-refractivity contribution is 5.87. The lowest BCUT2D eigenvalue weighted by molar-refractivity contribution is 0.416. The van der Waals surface area contributed by atoms with Crippen molar-refractivity contribution in [2.45, 2.75) is 6.92 Å². The van der Waals surface area contributed by atoms with E-state index in [1.165, 1.54) is 0 Å². The summed E-state index contributed by atoms with van der Waals surface area (Å²) in [5.41, 5.74) is 1.63. The van der Waals surface area contributed by atoms with Gasteiger partial charge in [0.1, 0.15) is 11.3 Å². The monoisotopic (exact) mass is 188 g/mol. The third-order valence-corrected chi connectivity index (χ3v) is 2.15. The van der Waals surface area contributed by atoms with Crippen LogP contribution in [0.3, 0.4) is 0 Å². The molecule has 1 heterocycles. The van der Waals surface area contributed by atoms with Gasteiger partial charge in [0, 0.05) is 11.5 Å². The van der Waals surface area contributed by atoms with Crippen LogP contribution >= 0.6 is 0 Å². The Kier molecular flexibility index (Phi) is 2.00. The average molecular weight is 188 g/mol. The quantitative estimate of drug-likeness (QED) is 0.744. The topological polar surface area (TPSA) is 42.4 Å². The molecule has 71 valence electrons. The lowest BCUT2D eigenvalue weighted by Crippen LogP contribution is -1.89. The van der Waals surface area contributed by atoms with E-state index in [1.807, 2.05) is 13.0 Å². The zero-order chi connectivity index (χ0) is 10.1. The van der Waals surface area contributed by atoms with Crippen LogP contribution in [0.1, 0.15) is 5.56 Å². The minimum Gasteiger partial charge on any atom is -0.494 e. The summed E-state index contributed by atoms with van der Waals surface area (Å²) in [6, 6.07) is 8.12. The zero-order valence-electron chi connectivity index (χ0n) is 8.03. The van der Waals surface area contributed by atoms with Crippen LogP contribution in [0.2, 0.25) is 0 Å². The fourth-order valence-electron chi connectivity index (χ4n) is 1.46. The number of rotatable bonds is 1. The molecule has 1 aromatic heterocycles. The van der Waals surface area contributed by atoms with Gasteiger partial charge in [0.05, 0.1) is 7.11 Å². The fraction of sp³-hybridized carbons (Fsp3) is 0.182. The molecule has 1 radical (unpaired) electrons. The molecule has 3 heteroatoms. The maximum absolute atomic E-state index is 9.35. The second kappa shape index (κ2) is 3.18. The lowest BCUT2D eigenvalue weighted by Gasteiger charge is -2.06. The largest absolute Gasteiger partial charge is 0.494 e. The fourth-order valence-corrected chi connectivity index (χ4v) is 1.46. The van der Waals surface area contributed by atoms with Crippen molar-refractivity contribution < 1.29 is 9.84 Å². The first-order chi connectivity index (χ1) is 6.72. The predicted octanol–water partition coefficient (Wildman–Crippen LogP) is 2.06. The normalized spacial score (nSPS) is 10.4. The van der Waals surface area contributed by atoms with Crippen molar-refractivity contribution in [3.63, 3.8) is 0 Å². The molecule has 2 aromatic rings. The number of fused-ring (bicyclic) bond motifs is 1. The SMILES string of the molecule is COc1c[c]cc2c(C)cc(O)nc12. The van der Waals surface area contributed by atoms with Gasteiger partial charge >= 0.3 is 0 Å². The van der Waals surface area contributed by atoms with Crippen molar-refractivity contribution in [3.05, 3.63) is 29.8 Å². The first-order valence-electron chi connectivity index (χ1n) is 4.27. The van der Waals surface area contributed by atoms with Crippen molar-refractivity contribution in [2.75, 3.05) is 7.11 Å². The zero-order valence-corrected chi connectivity index (χ0v) is 8.03. The molecule has 0 saturated carbocycles. The summed E-state index contributed by atoms with van der Waals surface area (Å²) in [5, 5.41) is 10.3. The van der Waals surface area contributed by atoms with E-state index < -0.39 is 0 Å². The molecular formula is C11H10NO2. The number of aromatic nitrogens is 1. The Morgan fingerprint density at radius 1 is 1.43 bits per heavy atom. The third-order valence-electron chi connectivity index (χ3n) is 2.15. The summed E-state index contributed by atoms with van der Waals surface area (Å²) in [6.07, 6.45) is 0. The smallest absolute Gasteiger partial charge is 0.211 e. The van der Waals surface area contributed by atoms with Gasteiger partial charge in [-0.2, -0.15) is 0 Å². The summed E-state index contributed by atoms with van der Waals surface area (Å²) < 4.78 is 5.13. The van der Waals surface area contributed by atoms with E-state index in [4.69, 9.17) is 4.74 Å². The van der Waals surface area contributed by atoms with Crippen LogP contribution in [0.4, 0.5) is 0 Å². The number of pyridine rings is 1. The molecule has 0 saturated heterocycles. The van der Waals surface area contributed by atoms with Gasteiger partial charge in [-0.25, -0.2) is 4.98 Å². The van der Waals surface area contributed by atoms with E-state index in [9.17, 15) is 5.11 Å². The van der Waals surface area contributed by atoms with Crippen molar-refractivity contribution >= 4 is 10.9 Å². The predicted molar refractivity (Wildman–Crippen MR) is 53.5 cm³/mol. The molecule has 0 unspecified atom stereocenters. The van der Waals surface area contributed by atoms with Gasteiger partial charge in [0.15, 0.2) is 0 Å². The van der Waals surface area contributed by atoms with Crippen LogP contribution < -0.4 is 4.74 Å². The molecule has 0 spiro atoms. The van der Waals surface area contributed by atoms with Crippen molar-refractivity contribution in [2.24, 2.45) is 0 Å². The summed E-state index contributed by atoms with van der Waals surface area (Å²) in [5.74, 6) is 0.640. The van der Waals surface area contributed by atoms with Gasteiger partial charge in [-0.15, -0.1) is 0 Å². The van der Waals surface area contributed by atoms with Crippen LogP contribution in [-0.4, -0.2) is 17.2 Å². The molecule has 0 aliphatic rings. The third kappa shape index (κ3) is 1.27. The van der Waals surface area contributed by atoms with Crippen molar-refractivity contribution in [3.8, 4) is 11.6 Å². The van der Waals surface area contributed by atoms with E-state index >= 15 is 0 Å². The van der Waals surface area contributed by atoms with Crippen LogP contribution in [0.5, 0.6) is 11.6 Å². The molecular weight excluding hydrogens is 178 g/mol. The van der Waals surface area contributed by atoms with Gasteiger partial charge in [-0.05, 0) is 30.7 Å². The first kappa shape index (κ1) is 8.81. The number of benzene rings is 1. The van der Waals surface area contributed by atoms with Crippen LogP contribution in [0, 0.1) is 13.0 Å². The lowest BCUT2D eigenvalue weighted by atomic mass is 10.1. The molecule has 14 heavy (non-hydrogen) atoms. The Labute approximate surface area is 82.0 Å². The second-order valence-corrected chi connectivity index (χ2v) is 3.08. The Morgan fingerprint density at radius 2 is 2.21 bits per heavy atom. The Balaban J connectivity index is 2.86. The molecule has 1 N–H and O–H groups in total. The minimum atomic E-state index is 0.0134. The van der Waals surface area contributed by atoms with Gasteiger partial charge in [0.25, 0.3) is 0 Å². The Bertz CT molecular complexity index is 480. The number of hydrogen-bond donors (Lipinski definition) is 1. The molecule has 0 amide bonds. The molecule has 3 nitrogen and oxygen atoms in total. The minimum absolute atomic E-state index is 0.0134. The van der Waals surface area contributed by atoms with Gasteiger partial charge in [0.2, 0.25) is 5.88 Å². The van der Waals surface area contributed by atoms with Crippen molar-refractivity contribution in [1.82, 2.24) is 4.98 Å². The molecule has 0 aliphatic heterocycles. The molecule has 0 atom stereocenters. The van der Waals surface area contributed by atoms with E-state index in [2.05, 4.69) is 11.1 Å². The average Bonchev–Trinajstić information content (AvgIpc) is 2.17. The van der Waals surface area contributed by atoms with Gasteiger partial charge < -0.3 is 9.84 Å². The summed E-state index contributed by atoms with van der Waals surface area (Å²) in [6.45, 7) is 1.91. The first-order valence-corrected chi connectivity index (χ1v) is 4.27. The van der Waals surface area contributed by atoms with Gasteiger partial charge in [-0.3, -0.25) is 0 Å². The highest BCUT2D eigenvalue weighted by Crippen LogP contribution is 2.27. The number of aromatic hydroxyl groups is 1. The van der Waals surface area contributed by atoms with Gasteiger partial charge in [-0.1, -0.05) is 0 Å². The highest BCUT2D eigenvalue weighted by Gasteiger charge is 2.06. The molecule has 0 fully saturated rings. The number of ether oxygens (including phenoxy) is 1. The molecule has 2 rings (SSSR count). The van der Waals surface area contributed by atoms with E-state index in [-0.39, 0.29) is 5.88 Å². The number of hydrogen-bond acceptors (Lipinski definition) is 3.